The highest BCUT2D eigenvalue weighted by Crippen LogP contribution is 2.28. The Balaban J connectivity index is 1.81. The van der Waals surface area contributed by atoms with Crippen molar-refractivity contribution < 1.29 is 9.47 Å². The Morgan fingerprint density at radius 2 is 1.71 bits per heavy atom. The molecule has 2 aromatic rings. The third-order valence-corrected chi connectivity index (χ3v) is 2.79. The van der Waals surface area contributed by atoms with E-state index in [-0.39, 0.29) is 0 Å². The fourth-order valence-corrected chi connectivity index (χ4v) is 1.82. The summed E-state index contributed by atoms with van der Waals surface area (Å²) in [6, 6.07) is 18.0. The highest BCUT2D eigenvalue weighted by molar-refractivity contribution is 5.38. The van der Waals surface area contributed by atoms with E-state index in [4.69, 9.17) is 9.47 Å². The van der Waals surface area contributed by atoms with Gasteiger partial charge in [0.05, 0.1) is 12.7 Å². The van der Waals surface area contributed by atoms with Crippen LogP contribution in [0.15, 0.2) is 54.6 Å². The van der Waals surface area contributed by atoms with E-state index in [9.17, 15) is 0 Å². The van der Waals surface area contributed by atoms with Crippen molar-refractivity contribution in [2.75, 3.05) is 6.61 Å². The van der Waals surface area contributed by atoms with Crippen molar-refractivity contribution in [1.82, 2.24) is 0 Å². The fraction of sp³-hybridized carbons (Fsp3) is 0.200. The van der Waals surface area contributed by atoms with Crippen LogP contribution in [0.25, 0.3) is 0 Å². The van der Waals surface area contributed by atoms with Crippen LogP contribution in [-0.4, -0.2) is 12.7 Å². The number of ether oxygens (including phenoxy) is 2. The summed E-state index contributed by atoms with van der Waals surface area (Å²) in [4.78, 5) is 0. The summed E-state index contributed by atoms with van der Waals surface area (Å²) in [7, 11) is 0. The summed E-state index contributed by atoms with van der Waals surface area (Å²) >= 11 is 0. The van der Waals surface area contributed by atoms with Crippen molar-refractivity contribution in [3.05, 3.63) is 60.2 Å². The third-order valence-electron chi connectivity index (χ3n) is 2.79. The van der Waals surface area contributed by atoms with Crippen LogP contribution in [0.3, 0.4) is 0 Å². The zero-order chi connectivity index (χ0) is 11.5. The molecule has 0 amide bonds. The lowest BCUT2D eigenvalue weighted by Gasteiger charge is -2.10. The first-order valence-corrected chi connectivity index (χ1v) is 5.84. The van der Waals surface area contributed by atoms with E-state index < -0.39 is 0 Å². The number of para-hydroxylation sites is 2. The minimum Gasteiger partial charge on any atom is -0.457 e. The molecule has 1 saturated heterocycles. The second-order valence-electron chi connectivity index (χ2n) is 4.18. The molecule has 0 aliphatic carbocycles. The Bertz CT molecular complexity index is 489. The van der Waals surface area contributed by atoms with Crippen LogP contribution in [-0.2, 0) is 11.2 Å². The van der Waals surface area contributed by atoms with Gasteiger partial charge in [-0.05, 0) is 23.8 Å². The smallest absolute Gasteiger partial charge is 0.130 e. The minimum absolute atomic E-state index is 0.385. The summed E-state index contributed by atoms with van der Waals surface area (Å²) in [6.45, 7) is 0.875. The predicted octanol–water partition coefficient (Wildman–Crippen LogP) is 3.42. The molecule has 17 heavy (non-hydrogen) atoms. The zero-order valence-corrected chi connectivity index (χ0v) is 9.50. The molecule has 0 radical (unpaired) electrons. The Labute approximate surface area is 101 Å². The van der Waals surface area contributed by atoms with Gasteiger partial charge in [0.25, 0.3) is 0 Å². The molecule has 1 unspecified atom stereocenters. The van der Waals surface area contributed by atoms with Crippen molar-refractivity contribution >= 4 is 0 Å². The molecule has 0 bridgehead atoms. The molecule has 86 valence electrons. The van der Waals surface area contributed by atoms with Crippen molar-refractivity contribution in [2.45, 2.75) is 12.5 Å². The largest absolute Gasteiger partial charge is 0.457 e. The van der Waals surface area contributed by atoms with Gasteiger partial charge in [-0.15, -0.1) is 0 Å². The van der Waals surface area contributed by atoms with Gasteiger partial charge >= 0.3 is 0 Å². The summed E-state index contributed by atoms with van der Waals surface area (Å²) in [6.07, 6.45) is 1.32. The van der Waals surface area contributed by atoms with Gasteiger partial charge in [0.1, 0.15) is 11.5 Å². The first kappa shape index (κ1) is 10.4. The van der Waals surface area contributed by atoms with Crippen LogP contribution in [0.4, 0.5) is 0 Å². The summed E-state index contributed by atoms with van der Waals surface area (Å²) in [5, 5.41) is 0. The van der Waals surface area contributed by atoms with Crippen LogP contribution in [0.5, 0.6) is 11.5 Å². The molecule has 0 spiro atoms. The van der Waals surface area contributed by atoms with Crippen LogP contribution >= 0.6 is 0 Å². The highest BCUT2D eigenvalue weighted by atomic mass is 16.6. The maximum Gasteiger partial charge on any atom is 0.130 e. The first-order chi connectivity index (χ1) is 8.42. The maximum absolute atomic E-state index is 5.88. The number of hydrogen-bond donors (Lipinski definition) is 0. The lowest BCUT2D eigenvalue weighted by molar-refractivity contribution is 0.403. The molecule has 1 atom stereocenters. The van der Waals surface area contributed by atoms with Crippen LogP contribution < -0.4 is 4.74 Å². The van der Waals surface area contributed by atoms with E-state index in [1.165, 1.54) is 5.56 Å². The maximum atomic E-state index is 5.88. The van der Waals surface area contributed by atoms with Gasteiger partial charge in [0.15, 0.2) is 0 Å². The van der Waals surface area contributed by atoms with E-state index in [0.29, 0.717) is 6.10 Å². The summed E-state index contributed by atoms with van der Waals surface area (Å²) in [5.41, 5.74) is 1.21. The third kappa shape index (κ3) is 2.66. The molecular weight excluding hydrogens is 212 g/mol. The predicted molar refractivity (Wildman–Crippen MR) is 66.4 cm³/mol. The van der Waals surface area contributed by atoms with E-state index in [1.807, 2.05) is 48.5 Å². The number of epoxide rings is 1. The lowest BCUT2D eigenvalue weighted by atomic mass is 10.1. The molecule has 2 nitrogen and oxygen atoms in total. The van der Waals surface area contributed by atoms with Crippen LogP contribution in [0.1, 0.15) is 5.56 Å². The van der Waals surface area contributed by atoms with E-state index in [2.05, 4.69) is 6.07 Å². The van der Waals surface area contributed by atoms with E-state index >= 15 is 0 Å². The Kier molecular flexibility index (Phi) is 2.80. The van der Waals surface area contributed by atoms with Gasteiger partial charge in [0.2, 0.25) is 0 Å². The number of benzene rings is 2. The Hall–Kier alpha value is -1.80. The molecule has 2 aromatic carbocycles. The highest BCUT2D eigenvalue weighted by Gasteiger charge is 2.24. The van der Waals surface area contributed by atoms with Gasteiger partial charge in [-0.3, -0.25) is 0 Å². The quantitative estimate of drug-likeness (QED) is 0.745. The van der Waals surface area contributed by atoms with Gasteiger partial charge in [-0.2, -0.15) is 0 Å². The first-order valence-electron chi connectivity index (χ1n) is 5.84. The average Bonchev–Trinajstić information content (AvgIpc) is 3.17. The number of hydrogen-bond acceptors (Lipinski definition) is 2. The average molecular weight is 226 g/mol. The fourth-order valence-electron chi connectivity index (χ4n) is 1.82. The molecule has 0 saturated carbocycles. The molecule has 3 rings (SSSR count). The normalized spacial score (nSPS) is 17.8. The van der Waals surface area contributed by atoms with E-state index in [1.54, 1.807) is 0 Å². The molecule has 1 aliphatic rings. The van der Waals surface area contributed by atoms with Gasteiger partial charge in [0, 0.05) is 6.42 Å². The van der Waals surface area contributed by atoms with E-state index in [0.717, 1.165) is 24.5 Å². The molecule has 2 heteroatoms. The Morgan fingerprint density at radius 3 is 2.47 bits per heavy atom. The molecule has 0 aromatic heterocycles. The monoisotopic (exact) mass is 226 g/mol. The molecule has 1 fully saturated rings. The second-order valence-corrected chi connectivity index (χ2v) is 4.18. The van der Waals surface area contributed by atoms with Crippen LogP contribution in [0.2, 0.25) is 0 Å². The topological polar surface area (TPSA) is 21.8 Å². The van der Waals surface area contributed by atoms with Crippen molar-refractivity contribution in [1.29, 1.82) is 0 Å². The second kappa shape index (κ2) is 4.60. The summed E-state index contributed by atoms with van der Waals surface area (Å²) in [5.74, 6) is 1.80. The summed E-state index contributed by atoms with van der Waals surface area (Å²) < 4.78 is 11.1. The lowest BCUT2D eigenvalue weighted by Crippen LogP contribution is -1.96. The SMILES string of the molecule is c1ccc(Oc2ccccc2CC2CO2)cc1. The molecule has 0 N–H and O–H groups in total. The van der Waals surface area contributed by atoms with Crippen LogP contribution in [0, 0.1) is 0 Å². The molecular formula is C15H14O2. The molecule has 1 heterocycles. The zero-order valence-electron chi connectivity index (χ0n) is 9.50. The van der Waals surface area contributed by atoms with Crippen molar-refractivity contribution in [2.24, 2.45) is 0 Å². The van der Waals surface area contributed by atoms with Gasteiger partial charge < -0.3 is 9.47 Å². The van der Waals surface area contributed by atoms with Gasteiger partial charge in [-0.1, -0.05) is 36.4 Å². The minimum atomic E-state index is 0.385. The number of rotatable bonds is 4. The van der Waals surface area contributed by atoms with Gasteiger partial charge in [-0.25, -0.2) is 0 Å². The molecule has 1 aliphatic heterocycles. The van der Waals surface area contributed by atoms with Crippen molar-refractivity contribution in [3.8, 4) is 11.5 Å². The Morgan fingerprint density at radius 1 is 1.00 bits per heavy atom. The standard InChI is InChI=1S/C15H14O2/c1-2-7-13(8-3-1)17-15-9-5-4-6-12(15)10-14-11-16-14/h1-9,14H,10-11H2. The van der Waals surface area contributed by atoms with Crippen molar-refractivity contribution in [3.63, 3.8) is 0 Å².